The van der Waals surface area contributed by atoms with E-state index in [1.165, 1.54) is 6.07 Å². The van der Waals surface area contributed by atoms with Gasteiger partial charge in [-0.15, -0.1) is 0 Å². The van der Waals surface area contributed by atoms with Crippen LogP contribution in [-0.4, -0.2) is 62.4 Å². The standard InChI is InChI=1S/C24H33NO9S/c1-15-9-10-20(27)23(29)19(26)8-6-7-17-13-18(33-12-5-4-11-25-35(3,31)32)14-21(28)22(17)24(30)34-16(15)2/h13-16,25,28H,4-12H2,1-3H3/t15-,16+/m1/s1. The first-order valence-electron chi connectivity index (χ1n) is 11.6. The molecule has 1 aliphatic rings. The Morgan fingerprint density at radius 3 is 2.43 bits per heavy atom. The second kappa shape index (κ2) is 12.8. The van der Waals surface area contributed by atoms with Crippen molar-refractivity contribution in [1.82, 2.24) is 4.72 Å². The van der Waals surface area contributed by atoms with Gasteiger partial charge in [0.05, 0.1) is 12.9 Å². The number of hydrogen-bond donors (Lipinski definition) is 2. The van der Waals surface area contributed by atoms with Crippen molar-refractivity contribution in [2.75, 3.05) is 19.4 Å². The fraction of sp³-hybridized carbons (Fsp3) is 0.583. The summed E-state index contributed by atoms with van der Waals surface area (Å²) in [5.74, 6) is -3.52. The number of carbonyl (C=O) groups excluding carboxylic acids is 4. The lowest BCUT2D eigenvalue weighted by atomic mass is 9.94. The molecule has 10 nitrogen and oxygen atoms in total. The highest BCUT2D eigenvalue weighted by Gasteiger charge is 2.27. The fourth-order valence-electron chi connectivity index (χ4n) is 3.61. The molecule has 194 valence electrons. The van der Waals surface area contributed by atoms with Gasteiger partial charge < -0.3 is 14.6 Å². The minimum Gasteiger partial charge on any atom is -0.507 e. The number of phenolic OH excluding ortho intramolecular Hbond substituents is 1. The number of cyclic esters (lactones) is 1. The summed E-state index contributed by atoms with van der Waals surface area (Å²) in [4.78, 5) is 49.2. The van der Waals surface area contributed by atoms with Gasteiger partial charge in [0, 0.05) is 25.5 Å². The number of ketones is 3. The number of unbranched alkanes of at least 4 members (excludes halogenated alkanes) is 1. The van der Waals surface area contributed by atoms with Gasteiger partial charge in [0.2, 0.25) is 21.6 Å². The Bertz CT molecular complexity index is 1060. The van der Waals surface area contributed by atoms with Crippen molar-refractivity contribution in [1.29, 1.82) is 0 Å². The molecule has 2 atom stereocenters. The van der Waals surface area contributed by atoms with Gasteiger partial charge in [-0.3, -0.25) is 14.4 Å². The van der Waals surface area contributed by atoms with Crippen LogP contribution in [0.15, 0.2) is 12.1 Å². The second-order valence-electron chi connectivity index (χ2n) is 8.85. The van der Waals surface area contributed by atoms with Crippen LogP contribution in [0.2, 0.25) is 0 Å². The van der Waals surface area contributed by atoms with Crippen LogP contribution in [-0.2, 0) is 35.6 Å². The van der Waals surface area contributed by atoms with Crippen LogP contribution in [0.5, 0.6) is 11.5 Å². The molecule has 0 spiro atoms. The third-order valence-corrected chi connectivity index (χ3v) is 6.59. The number of phenols is 1. The molecule has 0 radical (unpaired) electrons. The number of carbonyl (C=O) groups is 4. The van der Waals surface area contributed by atoms with E-state index >= 15 is 0 Å². The molecule has 0 saturated heterocycles. The van der Waals surface area contributed by atoms with Gasteiger partial charge in [-0.2, -0.15) is 0 Å². The molecule has 0 amide bonds. The molecule has 0 fully saturated rings. The Kier molecular flexibility index (Phi) is 10.4. The van der Waals surface area contributed by atoms with Crippen LogP contribution in [0, 0.1) is 5.92 Å². The summed E-state index contributed by atoms with van der Waals surface area (Å²) >= 11 is 0. The number of fused-ring (bicyclic) bond motifs is 1. The molecule has 1 aromatic carbocycles. The highest BCUT2D eigenvalue weighted by atomic mass is 32.2. The average Bonchev–Trinajstić information content (AvgIpc) is 2.77. The van der Waals surface area contributed by atoms with Crippen LogP contribution in [0.25, 0.3) is 0 Å². The third-order valence-electron chi connectivity index (χ3n) is 5.86. The highest BCUT2D eigenvalue weighted by molar-refractivity contribution is 7.88. The van der Waals surface area contributed by atoms with Crippen molar-refractivity contribution < 1.29 is 42.2 Å². The molecule has 0 unspecified atom stereocenters. The fourth-order valence-corrected chi connectivity index (χ4v) is 4.12. The summed E-state index contributed by atoms with van der Waals surface area (Å²) in [5.41, 5.74) is 0.368. The Hall–Kier alpha value is -2.79. The van der Waals surface area contributed by atoms with Crippen molar-refractivity contribution >= 4 is 33.3 Å². The number of nitrogens with one attached hydrogen (secondary N) is 1. The molecule has 0 aliphatic carbocycles. The number of benzene rings is 1. The monoisotopic (exact) mass is 511 g/mol. The van der Waals surface area contributed by atoms with E-state index in [0.717, 1.165) is 6.26 Å². The van der Waals surface area contributed by atoms with Gasteiger partial charge in [-0.1, -0.05) is 6.92 Å². The van der Waals surface area contributed by atoms with E-state index in [0.29, 0.717) is 24.2 Å². The minimum atomic E-state index is -3.25. The maximum Gasteiger partial charge on any atom is 0.342 e. The van der Waals surface area contributed by atoms with Gasteiger partial charge >= 0.3 is 5.97 Å². The Morgan fingerprint density at radius 2 is 1.74 bits per heavy atom. The van der Waals surface area contributed by atoms with E-state index in [9.17, 15) is 32.7 Å². The van der Waals surface area contributed by atoms with Crippen LogP contribution in [0.1, 0.15) is 68.3 Å². The van der Waals surface area contributed by atoms with Gasteiger partial charge in [0.25, 0.3) is 5.78 Å². The minimum absolute atomic E-state index is 0.0272. The van der Waals surface area contributed by atoms with E-state index in [-0.39, 0.29) is 62.5 Å². The van der Waals surface area contributed by atoms with Crippen molar-refractivity contribution in [3.8, 4) is 11.5 Å². The lowest BCUT2D eigenvalue weighted by Crippen LogP contribution is -2.27. The SMILES string of the molecule is C[C@@H]1CCC(=O)C(=O)C(=O)CCCc2cc(OCCCCNS(C)(=O)=O)cc(O)c2C(=O)O[C@H]1C. The van der Waals surface area contributed by atoms with Gasteiger partial charge in [-0.05, 0) is 56.6 Å². The predicted molar refractivity (Wildman–Crippen MR) is 127 cm³/mol. The van der Waals surface area contributed by atoms with Crippen molar-refractivity contribution in [2.45, 2.75) is 64.9 Å². The molecule has 2 N–H and O–H groups in total. The summed E-state index contributed by atoms with van der Waals surface area (Å²) in [6.45, 7) is 3.96. The lowest BCUT2D eigenvalue weighted by Gasteiger charge is -2.22. The largest absolute Gasteiger partial charge is 0.507 e. The molecule has 2 rings (SSSR count). The predicted octanol–water partition coefficient (Wildman–Crippen LogP) is 2.11. The van der Waals surface area contributed by atoms with Crippen LogP contribution >= 0.6 is 0 Å². The Morgan fingerprint density at radius 1 is 1.06 bits per heavy atom. The summed E-state index contributed by atoms with van der Waals surface area (Å²) in [5, 5.41) is 10.6. The normalized spacial score (nSPS) is 20.7. The quantitative estimate of drug-likeness (QED) is 0.318. The Balaban J connectivity index is 2.19. The van der Waals surface area contributed by atoms with Gasteiger partial charge in [0.15, 0.2) is 0 Å². The molecule has 1 aromatic rings. The maximum absolute atomic E-state index is 12.9. The van der Waals surface area contributed by atoms with E-state index in [1.807, 2.05) is 0 Å². The molecule has 11 heteroatoms. The van der Waals surface area contributed by atoms with E-state index in [1.54, 1.807) is 19.9 Å². The summed E-state index contributed by atoms with van der Waals surface area (Å²) in [6.07, 6.45) is 1.95. The van der Waals surface area contributed by atoms with Crippen LogP contribution in [0.4, 0.5) is 0 Å². The zero-order valence-corrected chi connectivity index (χ0v) is 21.1. The van der Waals surface area contributed by atoms with Crippen LogP contribution in [0.3, 0.4) is 0 Å². The van der Waals surface area contributed by atoms with Crippen molar-refractivity contribution in [2.24, 2.45) is 5.92 Å². The first kappa shape index (κ1) is 28.4. The number of rotatable bonds is 7. The topological polar surface area (TPSA) is 153 Å². The van der Waals surface area contributed by atoms with Crippen molar-refractivity contribution in [3.63, 3.8) is 0 Å². The van der Waals surface area contributed by atoms with E-state index in [2.05, 4.69) is 4.72 Å². The van der Waals surface area contributed by atoms with Gasteiger partial charge in [-0.25, -0.2) is 17.9 Å². The molecule has 0 aromatic heterocycles. The zero-order valence-electron chi connectivity index (χ0n) is 20.3. The maximum atomic E-state index is 12.9. The third kappa shape index (κ3) is 9.06. The average molecular weight is 512 g/mol. The second-order valence-corrected chi connectivity index (χ2v) is 10.7. The summed E-state index contributed by atoms with van der Waals surface area (Å²) in [6, 6.07) is 2.88. The molecular formula is C24H33NO9S. The molecule has 1 aliphatic heterocycles. The summed E-state index contributed by atoms with van der Waals surface area (Å²) in [7, 11) is -3.25. The molecular weight excluding hydrogens is 478 g/mol. The Labute approximate surface area is 205 Å². The first-order valence-corrected chi connectivity index (χ1v) is 13.5. The molecule has 35 heavy (non-hydrogen) atoms. The van der Waals surface area contributed by atoms with Crippen LogP contribution < -0.4 is 9.46 Å². The number of Topliss-reactive ketones (excluding diaryl/α,β-unsaturated/α-hetero) is 3. The zero-order chi connectivity index (χ0) is 26.2. The summed E-state index contributed by atoms with van der Waals surface area (Å²) < 4.78 is 35.8. The number of aromatic hydroxyl groups is 1. The number of hydrogen-bond acceptors (Lipinski definition) is 9. The number of aryl methyl sites for hydroxylation is 1. The highest BCUT2D eigenvalue weighted by Crippen LogP contribution is 2.31. The van der Waals surface area contributed by atoms with E-state index in [4.69, 9.17) is 9.47 Å². The number of sulfonamides is 1. The number of esters is 1. The molecule has 0 saturated carbocycles. The first-order chi connectivity index (χ1) is 16.4. The smallest absolute Gasteiger partial charge is 0.342 e. The number of ether oxygens (including phenoxy) is 2. The molecule has 0 bridgehead atoms. The lowest BCUT2D eigenvalue weighted by molar-refractivity contribution is -0.144. The van der Waals surface area contributed by atoms with E-state index < -0.39 is 39.4 Å². The van der Waals surface area contributed by atoms with Crippen molar-refractivity contribution in [3.05, 3.63) is 23.3 Å². The molecule has 1 heterocycles. The van der Waals surface area contributed by atoms with Gasteiger partial charge in [0.1, 0.15) is 23.2 Å².